The third-order valence-corrected chi connectivity index (χ3v) is 2.27. The highest BCUT2D eigenvalue weighted by atomic mass is 16.5. The van der Waals surface area contributed by atoms with E-state index in [1.54, 1.807) is 24.7 Å². The van der Waals surface area contributed by atoms with Crippen LogP contribution in [0.25, 0.3) is 0 Å². The number of aliphatic hydroxyl groups is 1. The predicted molar refractivity (Wildman–Crippen MR) is 68.7 cm³/mol. The van der Waals surface area contributed by atoms with Crippen molar-refractivity contribution in [1.82, 2.24) is 0 Å². The molecule has 18 heavy (non-hydrogen) atoms. The lowest BCUT2D eigenvalue weighted by Crippen LogP contribution is -2.35. The van der Waals surface area contributed by atoms with E-state index in [4.69, 9.17) is 9.47 Å². The summed E-state index contributed by atoms with van der Waals surface area (Å²) in [6.07, 6.45) is 8.82. The highest BCUT2D eigenvalue weighted by molar-refractivity contribution is 5.33. The molecule has 0 aromatic heterocycles. The van der Waals surface area contributed by atoms with Crippen LogP contribution >= 0.6 is 0 Å². The van der Waals surface area contributed by atoms with Crippen LogP contribution in [0.5, 0.6) is 0 Å². The minimum atomic E-state index is -1.10. The Morgan fingerprint density at radius 2 is 1.67 bits per heavy atom. The quantitative estimate of drug-likeness (QED) is 0.280. The van der Waals surface area contributed by atoms with Crippen LogP contribution in [0.2, 0.25) is 0 Å². The molecule has 0 bridgehead atoms. The minimum absolute atomic E-state index is 0.00883. The zero-order chi connectivity index (χ0) is 13.7. The standard InChI is InChI=1S/C13H21NO4/c1-3-7-17-9-5-13(16,11-14-12-15)6-10-18-8-4-2/h3-4,7-8,16H,5-6,9-11H2,1-2H3. The molecule has 0 fully saturated rings. The van der Waals surface area contributed by atoms with Crippen LogP contribution < -0.4 is 0 Å². The number of ether oxygens (including phenoxy) is 2. The van der Waals surface area contributed by atoms with E-state index in [1.807, 2.05) is 13.8 Å². The fourth-order valence-corrected chi connectivity index (χ4v) is 1.29. The van der Waals surface area contributed by atoms with Crippen molar-refractivity contribution < 1.29 is 19.4 Å². The molecule has 0 atom stereocenters. The van der Waals surface area contributed by atoms with Crippen LogP contribution in [0.15, 0.2) is 29.7 Å². The lowest BCUT2D eigenvalue weighted by atomic mass is 9.96. The maximum absolute atomic E-state index is 10.3. The summed E-state index contributed by atoms with van der Waals surface area (Å²) >= 11 is 0. The molecule has 1 N–H and O–H groups in total. The van der Waals surface area contributed by atoms with Gasteiger partial charge in [0.25, 0.3) is 0 Å². The molecule has 0 heterocycles. The van der Waals surface area contributed by atoms with Gasteiger partial charge in [-0.15, -0.1) is 0 Å². The van der Waals surface area contributed by atoms with Crippen molar-refractivity contribution >= 4 is 6.08 Å². The van der Waals surface area contributed by atoms with Gasteiger partial charge >= 0.3 is 0 Å². The smallest absolute Gasteiger partial charge is 0.235 e. The normalized spacial score (nSPS) is 14.4. The van der Waals surface area contributed by atoms with E-state index in [2.05, 4.69) is 4.99 Å². The van der Waals surface area contributed by atoms with Crippen molar-refractivity contribution in [2.24, 2.45) is 4.99 Å². The molecule has 0 radical (unpaired) electrons. The minimum Gasteiger partial charge on any atom is -0.501 e. The lowest BCUT2D eigenvalue weighted by Gasteiger charge is -2.25. The predicted octanol–water partition coefficient (Wildman–Crippen LogP) is 1.93. The number of carbonyl (C=O) groups excluding carboxylic acids is 1. The van der Waals surface area contributed by atoms with Gasteiger partial charge in [-0.05, 0) is 13.8 Å². The number of rotatable bonds is 10. The first-order valence-electron chi connectivity index (χ1n) is 5.90. The Bertz CT molecular complexity index is 288. The van der Waals surface area contributed by atoms with Gasteiger partial charge in [0.15, 0.2) is 0 Å². The van der Waals surface area contributed by atoms with E-state index < -0.39 is 5.60 Å². The Labute approximate surface area is 108 Å². The molecule has 0 amide bonds. The molecule has 0 unspecified atom stereocenters. The number of hydrogen-bond acceptors (Lipinski definition) is 5. The Balaban J connectivity index is 4.18. The SMILES string of the molecule is CC=COCCC(O)(CCOC=CC)CN=C=O. The molecule has 0 saturated carbocycles. The molecule has 0 aliphatic carbocycles. The van der Waals surface area contributed by atoms with Gasteiger partial charge in [0.05, 0.1) is 37.9 Å². The van der Waals surface area contributed by atoms with Crippen LogP contribution in [0.1, 0.15) is 26.7 Å². The van der Waals surface area contributed by atoms with Crippen molar-refractivity contribution in [2.45, 2.75) is 32.3 Å². The molecule has 102 valence electrons. The topological polar surface area (TPSA) is 68.1 Å². The third kappa shape index (κ3) is 8.56. The van der Waals surface area contributed by atoms with E-state index in [9.17, 15) is 9.90 Å². The van der Waals surface area contributed by atoms with Crippen LogP contribution in [-0.2, 0) is 14.3 Å². The molecule has 0 aliphatic heterocycles. The van der Waals surface area contributed by atoms with Crippen LogP contribution in [0.4, 0.5) is 0 Å². The Hall–Kier alpha value is -1.58. The second-order valence-electron chi connectivity index (χ2n) is 3.81. The van der Waals surface area contributed by atoms with Crippen molar-refractivity contribution in [3.63, 3.8) is 0 Å². The number of hydrogen-bond donors (Lipinski definition) is 1. The molecule has 5 heteroatoms. The highest BCUT2D eigenvalue weighted by Crippen LogP contribution is 2.16. The van der Waals surface area contributed by atoms with Crippen molar-refractivity contribution in [3.05, 3.63) is 24.7 Å². The number of aliphatic imine (C=N–C) groups is 1. The zero-order valence-electron chi connectivity index (χ0n) is 11.0. The summed E-state index contributed by atoms with van der Waals surface area (Å²) in [5, 5.41) is 10.3. The average Bonchev–Trinajstić information content (AvgIpc) is 2.38. The first-order valence-corrected chi connectivity index (χ1v) is 5.90. The maximum Gasteiger partial charge on any atom is 0.235 e. The lowest BCUT2D eigenvalue weighted by molar-refractivity contribution is -0.000547. The summed E-state index contributed by atoms with van der Waals surface area (Å²) in [7, 11) is 0. The monoisotopic (exact) mass is 255 g/mol. The Morgan fingerprint density at radius 1 is 1.17 bits per heavy atom. The second kappa shape index (κ2) is 10.6. The summed E-state index contributed by atoms with van der Waals surface area (Å²) in [6, 6.07) is 0. The number of nitrogens with zero attached hydrogens (tertiary/aromatic N) is 1. The highest BCUT2D eigenvalue weighted by Gasteiger charge is 2.26. The van der Waals surface area contributed by atoms with Gasteiger partial charge in [0.1, 0.15) is 0 Å². The summed E-state index contributed by atoms with van der Waals surface area (Å²) in [6.45, 7) is 4.41. The number of allylic oxidation sites excluding steroid dienone is 2. The van der Waals surface area contributed by atoms with E-state index in [0.29, 0.717) is 26.1 Å². The third-order valence-electron chi connectivity index (χ3n) is 2.27. The molecule has 0 aromatic carbocycles. The van der Waals surface area contributed by atoms with Crippen molar-refractivity contribution in [3.8, 4) is 0 Å². The molecule has 0 rings (SSSR count). The summed E-state index contributed by atoms with van der Waals surface area (Å²) in [5.74, 6) is 0. The van der Waals surface area contributed by atoms with Crippen molar-refractivity contribution in [1.29, 1.82) is 0 Å². The molecule has 0 spiro atoms. The fourth-order valence-electron chi connectivity index (χ4n) is 1.29. The van der Waals surface area contributed by atoms with Crippen LogP contribution in [0, 0.1) is 0 Å². The van der Waals surface area contributed by atoms with E-state index in [1.165, 1.54) is 6.08 Å². The first kappa shape index (κ1) is 16.4. The molecule has 0 saturated heterocycles. The summed E-state index contributed by atoms with van der Waals surface area (Å²) in [4.78, 5) is 13.6. The second-order valence-corrected chi connectivity index (χ2v) is 3.81. The molecular weight excluding hydrogens is 234 g/mol. The number of isocyanates is 1. The fraction of sp³-hybridized carbons (Fsp3) is 0.615. The molecule has 5 nitrogen and oxygen atoms in total. The van der Waals surface area contributed by atoms with Gasteiger partial charge in [0, 0.05) is 12.8 Å². The van der Waals surface area contributed by atoms with Crippen LogP contribution in [-0.4, -0.2) is 36.5 Å². The van der Waals surface area contributed by atoms with Gasteiger partial charge in [-0.2, -0.15) is 0 Å². The van der Waals surface area contributed by atoms with Crippen molar-refractivity contribution in [2.75, 3.05) is 19.8 Å². The van der Waals surface area contributed by atoms with Gasteiger partial charge in [-0.1, -0.05) is 12.2 Å². The molecule has 0 aliphatic rings. The Kier molecular flexibility index (Phi) is 9.64. The molecular formula is C13H21NO4. The van der Waals surface area contributed by atoms with E-state index >= 15 is 0 Å². The first-order chi connectivity index (χ1) is 8.68. The maximum atomic E-state index is 10.3. The van der Waals surface area contributed by atoms with Crippen LogP contribution in [0.3, 0.4) is 0 Å². The van der Waals surface area contributed by atoms with Gasteiger partial charge < -0.3 is 14.6 Å². The molecule has 0 aromatic rings. The summed E-state index contributed by atoms with van der Waals surface area (Å²) < 4.78 is 10.3. The Morgan fingerprint density at radius 3 is 2.06 bits per heavy atom. The average molecular weight is 255 g/mol. The van der Waals surface area contributed by atoms with E-state index in [-0.39, 0.29) is 6.54 Å². The van der Waals surface area contributed by atoms with Gasteiger partial charge in [-0.25, -0.2) is 9.79 Å². The largest absolute Gasteiger partial charge is 0.501 e. The van der Waals surface area contributed by atoms with E-state index in [0.717, 1.165) is 0 Å². The zero-order valence-corrected chi connectivity index (χ0v) is 11.0. The summed E-state index contributed by atoms with van der Waals surface area (Å²) in [5.41, 5.74) is -1.10. The van der Waals surface area contributed by atoms with Gasteiger partial charge in [0.2, 0.25) is 6.08 Å². The van der Waals surface area contributed by atoms with Gasteiger partial charge in [-0.3, -0.25) is 0 Å².